The molecule has 0 spiro atoms. The number of nitrogen functional groups attached to an aromatic ring is 1. The molecule has 8 heteroatoms. The fraction of sp³-hybridized carbons (Fsp3) is 0.235. The number of likely N-dealkylation sites (tertiary alicyclic amines) is 1. The molecule has 130 valence electrons. The van der Waals surface area contributed by atoms with Gasteiger partial charge < -0.3 is 15.4 Å². The van der Waals surface area contributed by atoms with Crippen LogP contribution in [-0.2, 0) is 0 Å². The molecule has 1 amide bonds. The minimum absolute atomic E-state index is 0.0978. The highest BCUT2D eigenvalue weighted by Crippen LogP contribution is 2.24. The maximum atomic E-state index is 13.2. The third-order valence-corrected chi connectivity index (χ3v) is 4.01. The van der Waals surface area contributed by atoms with Gasteiger partial charge in [0.15, 0.2) is 0 Å². The summed E-state index contributed by atoms with van der Waals surface area (Å²) in [5, 5.41) is 10.9. The Morgan fingerprint density at radius 2 is 2.12 bits per heavy atom. The Labute approximate surface area is 143 Å². The number of nitrogens with zero attached hydrogens (tertiary/aromatic N) is 2. The normalized spacial score (nSPS) is 16.7. The van der Waals surface area contributed by atoms with Crippen molar-refractivity contribution in [3.8, 4) is 5.75 Å². The van der Waals surface area contributed by atoms with Gasteiger partial charge in [0.2, 0.25) is 0 Å². The zero-order valence-corrected chi connectivity index (χ0v) is 13.2. The largest absolute Gasteiger partial charge is 0.488 e. The maximum absolute atomic E-state index is 13.2. The molecule has 1 aliphatic heterocycles. The summed E-state index contributed by atoms with van der Waals surface area (Å²) in [6.07, 6.45) is 0.308. The average molecular weight is 345 g/mol. The van der Waals surface area contributed by atoms with E-state index >= 15 is 0 Å². The second-order valence-electron chi connectivity index (χ2n) is 5.77. The number of non-ortho nitro benzene ring substituents is 1. The zero-order chi connectivity index (χ0) is 18.0. The highest BCUT2D eigenvalue weighted by molar-refractivity contribution is 6.00. The number of nitro groups is 1. The van der Waals surface area contributed by atoms with Crippen LogP contribution in [0.15, 0.2) is 42.5 Å². The van der Waals surface area contributed by atoms with Crippen LogP contribution >= 0.6 is 0 Å². The van der Waals surface area contributed by atoms with Gasteiger partial charge in [-0.15, -0.1) is 0 Å². The predicted molar refractivity (Wildman–Crippen MR) is 88.8 cm³/mol. The molecule has 0 saturated carbocycles. The van der Waals surface area contributed by atoms with Crippen molar-refractivity contribution in [2.24, 2.45) is 0 Å². The van der Waals surface area contributed by atoms with E-state index in [0.717, 1.165) is 0 Å². The molecule has 25 heavy (non-hydrogen) atoms. The van der Waals surface area contributed by atoms with Crippen LogP contribution in [0.1, 0.15) is 16.8 Å². The lowest BCUT2D eigenvalue weighted by molar-refractivity contribution is -0.384. The molecule has 0 aliphatic carbocycles. The summed E-state index contributed by atoms with van der Waals surface area (Å²) in [5.74, 6) is -0.381. The maximum Gasteiger partial charge on any atom is 0.270 e. The monoisotopic (exact) mass is 345 g/mol. The smallest absolute Gasteiger partial charge is 0.270 e. The molecule has 0 unspecified atom stereocenters. The van der Waals surface area contributed by atoms with Crippen LogP contribution < -0.4 is 10.5 Å². The van der Waals surface area contributed by atoms with Gasteiger partial charge in [0.1, 0.15) is 17.7 Å². The van der Waals surface area contributed by atoms with Gasteiger partial charge in [-0.2, -0.15) is 0 Å². The highest BCUT2D eigenvalue weighted by atomic mass is 19.1. The van der Waals surface area contributed by atoms with Crippen LogP contribution in [0.25, 0.3) is 0 Å². The van der Waals surface area contributed by atoms with Crippen LogP contribution in [-0.4, -0.2) is 34.9 Å². The predicted octanol–water partition coefficient (Wildman–Crippen LogP) is 2.61. The van der Waals surface area contributed by atoms with Crippen molar-refractivity contribution in [2.75, 3.05) is 18.8 Å². The quantitative estimate of drug-likeness (QED) is 0.522. The number of halogens is 1. The lowest BCUT2D eigenvalue weighted by Crippen LogP contribution is -2.31. The van der Waals surface area contributed by atoms with Gasteiger partial charge in [-0.1, -0.05) is 6.07 Å². The fourth-order valence-electron chi connectivity index (χ4n) is 2.76. The number of hydrogen-bond acceptors (Lipinski definition) is 5. The molecule has 1 fully saturated rings. The van der Waals surface area contributed by atoms with Crippen LogP contribution in [0.4, 0.5) is 15.8 Å². The summed E-state index contributed by atoms with van der Waals surface area (Å²) in [6.45, 7) is 0.735. The third-order valence-electron chi connectivity index (χ3n) is 4.01. The van der Waals surface area contributed by atoms with Crippen molar-refractivity contribution in [3.63, 3.8) is 0 Å². The number of carbonyl (C=O) groups is 1. The van der Waals surface area contributed by atoms with Crippen LogP contribution in [0.2, 0.25) is 0 Å². The molecule has 0 radical (unpaired) electrons. The summed E-state index contributed by atoms with van der Waals surface area (Å²) in [7, 11) is 0. The number of ether oxygens (including phenoxy) is 1. The molecule has 1 atom stereocenters. The second-order valence-corrected chi connectivity index (χ2v) is 5.77. The fourth-order valence-corrected chi connectivity index (χ4v) is 2.76. The van der Waals surface area contributed by atoms with Gasteiger partial charge in [0, 0.05) is 36.9 Å². The van der Waals surface area contributed by atoms with Crippen molar-refractivity contribution in [1.82, 2.24) is 4.90 Å². The van der Waals surface area contributed by atoms with E-state index in [1.54, 1.807) is 12.1 Å². The molecule has 0 bridgehead atoms. The summed E-state index contributed by atoms with van der Waals surface area (Å²) in [4.78, 5) is 24.4. The van der Waals surface area contributed by atoms with Gasteiger partial charge in [0.05, 0.1) is 17.0 Å². The Kier molecular flexibility index (Phi) is 4.51. The zero-order valence-electron chi connectivity index (χ0n) is 13.2. The van der Waals surface area contributed by atoms with Gasteiger partial charge in [-0.25, -0.2) is 4.39 Å². The first-order valence-electron chi connectivity index (χ1n) is 7.69. The molecule has 1 heterocycles. The second kappa shape index (κ2) is 6.76. The van der Waals surface area contributed by atoms with Crippen molar-refractivity contribution in [2.45, 2.75) is 12.5 Å². The molecule has 7 nitrogen and oxygen atoms in total. The third kappa shape index (κ3) is 3.68. The summed E-state index contributed by atoms with van der Waals surface area (Å²) >= 11 is 0. The van der Waals surface area contributed by atoms with E-state index in [1.165, 1.54) is 35.2 Å². The number of nitro benzene ring substituents is 1. The molecule has 2 aromatic carbocycles. The van der Waals surface area contributed by atoms with Crippen molar-refractivity contribution in [1.29, 1.82) is 0 Å². The number of anilines is 1. The number of carbonyl (C=O) groups excluding carboxylic acids is 1. The standard InChI is InChI=1S/C17H16FN3O4/c18-11-2-1-3-13(8-11)25-14-6-7-20(10-14)17(22)15-9-12(21(23)24)4-5-16(15)19/h1-5,8-9,14H,6-7,10,19H2/t14-/m0/s1. The molecule has 0 aromatic heterocycles. The number of rotatable bonds is 4. The minimum atomic E-state index is -0.573. The van der Waals surface area contributed by atoms with E-state index in [1.807, 2.05) is 0 Å². The van der Waals surface area contributed by atoms with Gasteiger partial charge in [-0.05, 0) is 18.2 Å². The van der Waals surface area contributed by atoms with Gasteiger partial charge in [-0.3, -0.25) is 14.9 Å². The van der Waals surface area contributed by atoms with Crippen molar-refractivity contribution in [3.05, 3.63) is 64.0 Å². The first-order chi connectivity index (χ1) is 11.9. The van der Waals surface area contributed by atoms with Crippen LogP contribution in [0.5, 0.6) is 5.75 Å². The van der Waals surface area contributed by atoms with E-state index in [9.17, 15) is 19.3 Å². The van der Waals surface area contributed by atoms with Crippen LogP contribution in [0.3, 0.4) is 0 Å². The highest BCUT2D eigenvalue weighted by Gasteiger charge is 2.30. The number of benzene rings is 2. The number of nitrogens with two attached hydrogens (primary N) is 1. The van der Waals surface area contributed by atoms with Crippen molar-refractivity contribution >= 4 is 17.3 Å². The Morgan fingerprint density at radius 3 is 2.84 bits per heavy atom. The summed E-state index contributed by atoms with van der Waals surface area (Å²) in [5.41, 5.74) is 5.88. The van der Waals surface area contributed by atoms with E-state index < -0.39 is 10.7 Å². The molecule has 2 aromatic rings. The van der Waals surface area contributed by atoms with E-state index in [-0.39, 0.29) is 28.9 Å². The Morgan fingerprint density at radius 1 is 1.32 bits per heavy atom. The summed E-state index contributed by atoms with van der Waals surface area (Å²) < 4.78 is 18.9. The Hall–Kier alpha value is -3.16. The van der Waals surface area contributed by atoms with Crippen LogP contribution in [0, 0.1) is 15.9 Å². The number of amides is 1. The SMILES string of the molecule is Nc1ccc([N+](=O)[O-])cc1C(=O)N1CC[C@H](Oc2cccc(F)c2)C1. The first kappa shape index (κ1) is 16.7. The molecule has 2 N–H and O–H groups in total. The van der Waals surface area contributed by atoms with E-state index in [4.69, 9.17) is 10.5 Å². The Bertz CT molecular complexity index is 827. The van der Waals surface area contributed by atoms with Gasteiger partial charge >= 0.3 is 0 Å². The molecular formula is C17H16FN3O4. The lowest BCUT2D eigenvalue weighted by Gasteiger charge is -2.18. The molecule has 3 rings (SSSR count). The molecule has 1 saturated heterocycles. The van der Waals surface area contributed by atoms with Gasteiger partial charge in [0.25, 0.3) is 11.6 Å². The molecular weight excluding hydrogens is 329 g/mol. The lowest BCUT2D eigenvalue weighted by atomic mass is 10.1. The van der Waals surface area contributed by atoms with E-state index in [0.29, 0.717) is 25.3 Å². The topological polar surface area (TPSA) is 98.7 Å². The molecule has 1 aliphatic rings. The Balaban J connectivity index is 1.70. The average Bonchev–Trinajstić information content (AvgIpc) is 3.03. The van der Waals surface area contributed by atoms with Crippen molar-refractivity contribution < 1.29 is 18.8 Å². The number of hydrogen-bond donors (Lipinski definition) is 1. The first-order valence-corrected chi connectivity index (χ1v) is 7.69. The minimum Gasteiger partial charge on any atom is -0.488 e. The summed E-state index contributed by atoms with van der Waals surface area (Å²) in [6, 6.07) is 9.58. The van der Waals surface area contributed by atoms with E-state index in [2.05, 4.69) is 0 Å².